The van der Waals surface area contributed by atoms with Gasteiger partial charge in [-0.15, -0.1) is 11.3 Å². The Kier molecular flexibility index (Phi) is 4.19. The van der Waals surface area contributed by atoms with E-state index in [1.165, 1.54) is 16.0 Å². The minimum atomic E-state index is -0.156. The van der Waals surface area contributed by atoms with E-state index in [-0.39, 0.29) is 5.56 Å². The molecule has 3 aromatic heterocycles. The highest BCUT2D eigenvalue weighted by Crippen LogP contribution is 2.34. The van der Waals surface area contributed by atoms with Crippen LogP contribution < -0.4 is 10.6 Å². The van der Waals surface area contributed by atoms with Crippen molar-refractivity contribution < 1.29 is 0 Å². The van der Waals surface area contributed by atoms with Gasteiger partial charge in [-0.1, -0.05) is 31.4 Å². The van der Waals surface area contributed by atoms with Crippen molar-refractivity contribution >= 4 is 31.8 Å². The van der Waals surface area contributed by atoms with Crippen molar-refractivity contribution in [3.63, 3.8) is 0 Å². The molecule has 6 nitrogen and oxygen atoms in total. The van der Waals surface area contributed by atoms with Gasteiger partial charge >= 0.3 is 0 Å². The number of allylic oxidation sites excluding steroid dienone is 2. The molecule has 0 aliphatic rings. The smallest absolute Gasteiger partial charge is 0.267 e. The molecule has 0 atom stereocenters. The molecule has 0 N–H and O–H groups in total. The molecule has 0 fully saturated rings. The van der Waals surface area contributed by atoms with Crippen LogP contribution in [0.2, 0.25) is 0 Å². The second-order valence-electron chi connectivity index (χ2n) is 6.85. The van der Waals surface area contributed by atoms with Gasteiger partial charge in [0.05, 0.1) is 16.1 Å². The minimum absolute atomic E-state index is 0.156. The highest BCUT2D eigenvalue weighted by atomic mass is 32.1. The molecule has 0 unspecified atom stereocenters. The number of fused-ring (bicyclic) bond motifs is 3. The maximum atomic E-state index is 13.6. The second-order valence-corrected chi connectivity index (χ2v) is 7.85. The lowest BCUT2D eigenvalue weighted by atomic mass is 10.3. The maximum absolute atomic E-state index is 13.6. The molecule has 4 aromatic rings. The lowest BCUT2D eigenvalue weighted by Gasteiger charge is -2.27. The van der Waals surface area contributed by atoms with E-state index in [9.17, 15) is 4.79 Å². The summed E-state index contributed by atoms with van der Waals surface area (Å²) in [5.74, 6) is 0.587. The van der Waals surface area contributed by atoms with Crippen molar-refractivity contribution in [2.45, 2.75) is 27.7 Å². The van der Waals surface area contributed by atoms with Crippen molar-refractivity contribution in [3.8, 4) is 5.69 Å². The topological polar surface area (TPSA) is 56.0 Å². The summed E-state index contributed by atoms with van der Waals surface area (Å²) in [7, 11) is 0. The molecule has 0 aliphatic heterocycles. The number of hydrogen-bond acceptors (Lipinski definition) is 5. The van der Waals surface area contributed by atoms with Gasteiger partial charge in [0, 0.05) is 11.4 Å². The van der Waals surface area contributed by atoms with Gasteiger partial charge in [0.25, 0.3) is 5.56 Å². The van der Waals surface area contributed by atoms with Gasteiger partial charge in [-0.05, 0) is 39.8 Å². The fraction of sp³-hybridized carbons (Fsp3) is 0.190. The van der Waals surface area contributed by atoms with E-state index in [1.54, 1.807) is 5.01 Å². The van der Waals surface area contributed by atoms with E-state index in [0.29, 0.717) is 27.4 Å². The molecule has 0 saturated carbocycles. The average Bonchev–Trinajstić information content (AvgIpc) is 3.16. The molecule has 0 aliphatic carbocycles. The Bertz CT molecular complexity index is 1300. The zero-order chi connectivity index (χ0) is 20.2. The van der Waals surface area contributed by atoms with Crippen molar-refractivity contribution in [1.82, 2.24) is 19.4 Å². The SMILES string of the molecule is C=C(C)N(C(=C)C)n1c(C)nc2sc3c(C)nn(-c4ccccc4)c3c2c1=O. The molecule has 28 heavy (non-hydrogen) atoms. The zero-order valence-electron chi connectivity index (χ0n) is 16.4. The van der Waals surface area contributed by atoms with E-state index in [4.69, 9.17) is 4.98 Å². The largest absolute Gasteiger partial charge is 0.283 e. The molecule has 0 saturated heterocycles. The van der Waals surface area contributed by atoms with E-state index in [0.717, 1.165) is 21.6 Å². The van der Waals surface area contributed by atoms with Crippen molar-refractivity contribution in [3.05, 3.63) is 76.8 Å². The molecule has 4 rings (SSSR count). The van der Waals surface area contributed by atoms with Crippen LogP contribution in [0.5, 0.6) is 0 Å². The van der Waals surface area contributed by atoms with E-state index in [2.05, 4.69) is 18.3 Å². The average molecular weight is 392 g/mol. The van der Waals surface area contributed by atoms with Crippen LogP contribution in [0.3, 0.4) is 0 Å². The van der Waals surface area contributed by atoms with Crippen LogP contribution in [-0.4, -0.2) is 19.4 Å². The first-order valence-corrected chi connectivity index (χ1v) is 9.71. The van der Waals surface area contributed by atoms with Crippen LogP contribution in [0.15, 0.2) is 59.7 Å². The summed E-state index contributed by atoms with van der Waals surface area (Å²) in [6, 6.07) is 9.82. The van der Waals surface area contributed by atoms with Crippen LogP contribution in [0.25, 0.3) is 26.1 Å². The summed E-state index contributed by atoms with van der Waals surface area (Å²) < 4.78 is 4.34. The van der Waals surface area contributed by atoms with Gasteiger partial charge in [0.1, 0.15) is 21.6 Å². The molecule has 0 radical (unpaired) electrons. The summed E-state index contributed by atoms with van der Waals surface area (Å²) in [5.41, 5.74) is 3.80. The summed E-state index contributed by atoms with van der Waals surface area (Å²) in [4.78, 5) is 19.1. The molecule has 3 heterocycles. The first kappa shape index (κ1) is 18.2. The monoisotopic (exact) mass is 391 g/mol. The standard InChI is InChI=1S/C21H21N5OS/c1-12(2)25(13(3)4)26-15(6)22-20-17(21(26)27)18-19(28-20)14(5)23-24(18)16-10-8-7-9-11-16/h7-11H,1,3H2,2,4-6H3. The number of hydrogen-bond donors (Lipinski definition) is 0. The number of aromatic nitrogens is 4. The molecule has 0 spiro atoms. The van der Waals surface area contributed by atoms with Crippen LogP contribution in [-0.2, 0) is 0 Å². The number of nitrogens with zero attached hydrogens (tertiary/aromatic N) is 5. The number of benzene rings is 1. The van der Waals surface area contributed by atoms with Crippen LogP contribution >= 0.6 is 11.3 Å². The molecule has 0 amide bonds. The Morgan fingerprint density at radius 1 is 1.11 bits per heavy atom. The highest BCUT2D eigenvalue weighted by molar-refractivity contribution is 7.25. The van der Waals surface area contributed by atoms with E-state index in [1.807, 2.05) is 62.7 Å². The van der Waals surface area contributed by atoms with Gasteiger partial charge in [0.2, 0.25) is 0 Å². The fourth-order valence-electron chi connectivity index (χ4n) is 3.48. The Morgan fingerprint density at radius 2 is 1.75 bits per heavy atom. The fourth-order valence-corrected chi connectivity index (χ4v) is 4.61. The predicted octanol–water partition coefficient (Wildman–Crippen LogP) is 4.42. The summed E-state index contributed by atoms with van der Waals surface area (Å²) in [5, 5.41) is 6.94. The Labute approximate surface area is 166 Å². The van der Waals surface area contributed by atoms with E-state index < -0.39 is 0 Å². The maximum Gasteiger partial charge on any atom is 0.283 e. The molecule has 0 bridgehead atoms. The van der Waals surface area contributed by atoms with Crippen LogP contribution in [0.4, 0.5) is 0 Å². The number of para-hydroxylation sites is 1. The summed E-state index contributed by atoms with van der Waals surface area (Å²) in [6.07, 6.45) is 0. The quantitative estimate of drug-likeness (QED) is 0.517. The molecular weight excluding hydrogens is 370 g/mol. The van der Waals surface area contributed by atoms with Gasteiger partial charge in [-0.25, -0.2) is 9.67 Å². The molecular formula is C21H21N5OS. The third-order valence-electron chi connectivity index (χ3n) is 4.55. The minimum Gasteiger partial charge on any atom is -0.267 e. The number of rotatable bonds is 4. The number of thiophene rings is 1. The van der Waals surface area contributed by atoms with Gasteiger partial charge < -0.3 is 0 Å². The van der Waals surface area contributed by atoms with Crippen molar-refractivity contribution in [2.75, 3.05) is 5.01 Å². The van der Waals surface area contributed by atoms with E-state index >= 15 is 0 Å². The third-order valence-corrected chi connectivity index (χ3v) is 5.74. The Morgan fingerprint density at radius 3 is 2.36 bits per heavy atom. The van der Waals surface area contributed by atoms with Crippen LogP contribution in [0, 0.1) is 13.8 Å². The first-order valence-electron chi connectivity index (χ1n) is 8.89. The van der Waals surface area contributed by atoms with Gasteiger partial charge in [0.15, 0.2) is 0 Å². The Balaban J connectivity index is 2.15. The summed E-state index contributed by atoms with van der Waals surface area (Å²) >= 11 is 1.50. The molecule has 142 valence electrons. The highest BCUT2D eigenvalue weighted by Gasteiger charge is 2.23. The lowest BCUT2D eigenvalue weighted by Crippen LogP contribution is -2.41. The predicted molar refractivity (Wildman–Crippen MR) is 116 cm³/mol. The Hall–Kier alpha value is -3.19. The second kappa shape index (κ2) is 6.45. The van der Waals surface area contributed by atoms with Crippen LogP contribution in [0.1, 0.15) is 25.4 Å². The lowest BCUT2D eigenvalue weighted by molar-refractivity contribution is 0.669. The molecule has 1 aromatic carbocycles. The molecule has 7 heteroatoms. The normalized spacial score (nSPS) is 11.3. The van der Waals surface area contributed by atoms with Gasteiger partial charge in [-0.3, -0.25) is 9.80 Å². The van der Waals surface area contributed by atoms with Crippen molar-refractivity contribution in [1.29, 1.82) is 0 Å². The van der Waals surface area contributed by atoms with Gasteiger partial charge in [-0.2, -0.15) is 9.77 Å². The van der Waals surface area contributed by atoms with Crippen molar-refractivity contribution in [2.24, 2.45) is 0 Å². The third kappa shape index (κ3) is 2.58. The number of aryl methyl sites for hydroxylation is 2. The first-order chi connectivity index (χ1) is 13.3. The zero-order valence-corrected chi connectivity index (χ0v) is 17.2. The summed E-state index contributed by atoms with van der Waals surface area (Å²) in [6.45, 7) is 15.4.